The molecule has 0 aliphatic carbocycles. The quantitative estimate of drug-likeness (QED) is 0.259. The Kier molecular flexibility index (Phi) is 6.24. The third-order valence-electron chi connectivity index (χ3n) is 2.93. The molecule has 1 rings (SSSR count). The van der Waals surface area contributed by atoms with Crippen molar-refractivity contribution in [1.29, 1.82) is 0 Å². The average Bonchev–Trinajstić information content (AvgIpc) is 2.41. The Labute approximate surface area is 111 Å². The standard InChI is InChI=1S/C13H20FN3O2/c1-2-12(3-4-18)16-8-9-5-10(13(15)17-19)7-11(14)6-9/h5-7,12,16,18-19H,2-4,8H2,1H3,(H2,15,17). The molecule has 1 aromatic carbocycles. The molecular formula is C13H20FN3O2. The largest absolute Gasteiger partial charge is 0.409 e. The zero-order chi connectivity index (χ0) is 14.3. The van der Waals surface area contributed by atoms with Gasteiger partial charge in [0.2, 0.25) is 0 Å². The number of halogens is 1. The number of aliphatic hydroxyl groups is 1. The highest BCUT2D eigenvalue weighted by molar-refractivity contribution is 5.97. The number of nitrogens with one attached hydrogen (secondary N) is 1. The van der Waals surface area contributed by atoms with Crippen LogP contribution in [0.25, 0.3) is 0 Å². The molecule has 0 saturated heterocycles. The molecule has 1 atom stereocenters. The number of rotatable bonds is 7. The van der Waals surface area contributed by atoms with E-state index in [1.54, 1.807) is 6.07 Å². The summed E-state index contributed by atoms with van der Waals surface area (Å²) in [5.74, 6) is -0.556. The maximum absolute atomic E-state index is 13.4. The molecule has 0 aromatic heterocycles. The average molecular weight is 269 g/mol. The lowest BCUT2D eigenvalue weighted by Gasteiger charge is -2.16. The number of hydrogen-bond acceptors (Lipinski definition) is 4. The van der Waals surface area contributed by atoms with E-state index in [1.807, 2.05) is 6.92 Å². The zero-order valence-electron chi connectivity index (χ0n) is 10.9. The van der Waals surface area contributed by atoms with Crippen molar-refractivity contribution in [1.82, 2.24) is 5.32 Å². The molecule has 106 valence electrons. The Bertz CT molecular complexity index is 438. The van der Waals surface area contributed by atoms with Gasteiger partial charge >= 0.3 is 0 Å². The summed E-state index contributed by atoms with van der Waals surface area (Å²) in [5, 5.41) is 23.6. The van der Waals surface area contributed by atoms with E-state index in [0.717, 1.165) is 6.42 Å². The van der Waals surface area contributed by atoms with Crippen molar-refractivity contribution in [2.24, 2.45) is 10.9 Å². The van der Waals surface area contributed by atoms with Crippen LogP contribution in [-0.2, 0) is 6.54 Å². The van der Waals surface area contributed by atoms with Crippen LogP contribution in [0.4, 0.5) is 4.39 Å². The Morgan fingerprint density at radius 3 is 2.79 bits per heavy atom. The van der Waals surface area contributed by atoms with E-state index in [2.05, 4.69) is 10.5 Å². The molecule has 6 heteroatoms. The molecule has 0 aliphatic heterocycles. The first-order chi connectivity index (χ1) is 9.10. The maximum Gasteiger partial charge on any atom is 0.170 e. The minimum Gasteiger partial charge on any atom is -0.409 e. The lowest BCUT2D eigenvalue weighted by atomic mass is 10.1. The van der Waals surface area contributed by atoms with Gasteiger partial charge in [-0.2, -0.15) is 0 Å². The highest BCUT2D eigenvalue weighted by Crippen LogP contribution is 2.10. The van der Waals surface area contributed by atoms with E-state index in [9.17, 15) is 4.39 Å². The second-order valence-electron chi connectivity index (χ2n) is 4.33. The SMILES string of the molecule is CCC(CCO)NCc1cc(F)cc(/C(N)=N/O)c1. The van der Waals surface area contributed by atoms with Gasteiger partial charge < -0.3 is 21.4 Å². The summed E-state index contributed by atoms with van der Waals surface area (Å²) in [5.41, 5.74) is 6.49. The van der Waals surface area contributed by atoms with E-state index in [0.29, 0.717) is 24.1 Å². The smallest absolute Gasteiger partial charge is 0.170 e. The first kappa shape index (κ1) is 15.4. The van der Waals surface area contributed by atoms with E-state index >= 15 is 0 Å². The number of benzene rings is 1. The van der Waals surface area contributed by atoms with Crippen LogP contribution in [0.5, 0.6) is 0 Å². The topological polar surface area (TPSA) is 90.9 Å². The Morgan fingerprint density at radius 1 is 1.47 bits per heavy atom. The molecule has 0 saturated carbocycles. The zero-order valence-corrected chi connectivity index (χ0v) is 10.9. The Balaban J connectivity index is 2.75. The molecule has 5 nitrogen and oxygen atoms in total. The minimum absolute atomic E-state index is 0.115. The Morgan fingerprint density at radius 2 is 2.21 bits per heavy atom. The van der Waals surface area contributed by atoms with Crippen LogP contribution in [0.1, 0.15) is 30.9 Å². The molecule has 1 unspecified atom stereocenters. The molecule has 0 aliphatic rings. The van der Waals surface area contributed by atoms with Gasteiger partial charge in [0.05, 0.1) is 0 Å². The highest BCUT2D eigenvalue weighted by Gasteiger charge is 2.08. The fourth-order valence-electron chi connectivity index (χ4n) is 1.83. The fraction of sp³-hybridized carbons (Fsp3) is 0.462. The summed E-state index contributed by atoms with van der Waals surface area (Å²) in [6.45, 7) is 2.59. The van der Waals surface area contributed by atoms with Crippen LogP contribution in [0.3, 0.4) is 0 Å². The van der Waals surface area contributed by atoms with Gasteiger partial charge in [0.25, 0.3) is 0 Å². The van der Waals surface area contributed by atoms with Crippen molar-refractivity contribution in [3.8, 4) is 0 Å². The monoisotopic (exact) mass is 269 g/mol. The Hall–Kier alpha value is -1.66. The number of hydrogen-bond donors (Lipinski definition) is 4. The van der Waals surface area contributed by atoms with Gasteiger partial charge in [0.1, 0.15) is 5.82 Å². The predicted molar refractivity (Wildman–Crippen MR) is 71.5 cm³/mol. The number of amidine groups is 1. The second-order valence-corrected chi connectivity index (χ2v) is 4.33. The first-order valence-corrected chi connectivity index (χ1v) is 6.22. The van der Waals surface area contributed by atoms with Gasteiger partial charge in [-0.3, -0.25) is 0 Å². The number of nitrogens with two attached hydrogens (primary N) is 1. The van der Waals surface area contributed by atoms with Crippen LogP contribution in [0.2, 0.25) is 0 Å². The van der Waals surface area contributed by atoms with E-state index < -0.39 is 5.82 Å². The normalized spacial score (nSPS) is 13.5. The van der Waals surface area contributed by atoms with Crippen molar-refractivity contribution >= 4 is 5.84 Å². The van der Waals surface area contributed by atoms with E-state index in [-0.39, 0.29) is 18.5 Å². The summed E-state index contributed by atoms with van der Waals surface area (Å²) in [4.78, 5) is 0. The van der Waals surface area contributed by atoms with Crippen LogP contribution in [-0.4, -0.2) is 28.8 Å². The van der Waals surface area contributed by atoms with Crippen molar-refractivity contribution in [2.45, 2.75) is 32.4 Å². The van der Waals surface area contributed by atoms with Crippen LogP contribution >= 0.6 is 0 Å². The summed E-state index contributed by atoms with van der Waals surface area (Å²) < 4.78 is 13.4. The van der Waals surface area contributed by atoms with Gasteiger partial charge in [-0.05, 0) is 36.6 Å². The molecular weight excluding hydrogens is 249 g/mol. The van der Waals surface area contributed by atoms with Gasteiger partial charge in [-0.15, -0.1) is 0 Å². The molecule has 19 heavy (non-hydrogen) atoms. The van der Waals surface area contributed by atoms with Gasteiger partial charge in [-0.25, -0.2) is 4.39 Å². The molecule has 1 aromatic rings. The predicted octanol–water partition coefficient (Wildman–Crippen LogP) is 1.17. The lowest BCUT2D eigenvalue weighted by Crippen LogP contribution is -2.29. The number of aliphatic hydroxyl groups excluding tert-OH is 1. The van der Waals surface area contributed by atoms with Gasteiger partial charge in [-0.1, -0.05) is 12.1 Å². The summed E-state index contributed by atoms with van der Waals surface area (Å²) >= 11 is 0. The second kappa shape index (κ2) is 7.70. The lowest BCUT2D eigenvalue weighted by molar-refractivity contribution is 0.262. The molecule has 0 radical (unpaired) electrons. The highest BCUT2D eigenvalue weighted by atomic mass is 19.1. The van der Waals surface area contributed by atoms with Crippen molar-refractivity contribution in [3.05, 3.63) is 35.1 Å². The van der Waals surface area contributed by atoms with Crippen molar-refractivity contribution in [3.63, 3.8) is 0 Å². The van der Waals surface area contributed by atoms with Crippen LogP contribution in [0, 0.1) is 5.82 Å². The van der Waals surface area contributed by atoms with Crippen LogP contribution < -0.4 is 11.1 Å². The molecule has 0 fully saturated rings. The molecule has 0 heterocycles. The van der Waals surface area contributed by atoms with E-state index in [1.165, 1.54) is 12.1 Å². The molecule has 5 N–H and O–H groups in total. The fourth-order valence-corrected chi connectivity index (χ4v) is 1.83. The summed E-state index contributed by atoms with van der Waals surface area (Å²) in [6.07, 6.45) is 1.53. The van der Waals surface area contributed by atoms with Crippen molar-refractivity contribution in [2.75, 3.05) is 6.61 Å². The molecule has 0 spiro atoms. The number of nitrogens with zero attached hydrogens (tertiary/aromatic N) is 1. The minimum atomic E-state index is -0.434. The summed E-state index contributed by atoms with van der Waals surface area (Å²) in [7, 11) is 0. The number of oxime groups is 1. The van der Waals surface area contributed by atoms with Gasteiger partial charge in [0.15, 0.2) is 5.84 Å². The maximum atomic E-state index is 13.4. The van der Waals surface area contributed by atoms with Gasteiger partial charge in [0, 0.05) is 24.8 Å². The molecule has 0 bridgehead atoms. The summed E-state index contributed by atoms with van der Waals surface area (Å²) in [6, 6.07) is 4.45. The third-order valence-corrected chi connectivity index (χ3v) is 2.93. The van der Waals surface area contributed by atoms with Crippen LogP contribution in [0.15, 0.2) is 23.4 Å². The third kappa shape index (κ3) is 4.84. The molecule has 0 amide bonds. The van der Waals surface area contributed by atoms with E-state index in [4.69, 9.17) is 16.0 Å². The first-order valence-electron chi connectivity index (χ1n) is 6.22. The van der Waals surface area contributed by atoms with Crippen molar-refractivity contribution < 1.29 is 14.7 Å².